The smallest absolute Gasteiger partial charge is 0.324 e. The maximum absolute atomic E-state index is 10.5. The van der Waals surface area contributed by atoms with Gasteiger partial charge in [-0.15, -0.1) is 5.06 Å². The Bertz CT molecular complexity index is 161. The van der Waals surface area contributed by atoms with E-state index in [0.717, 1.165) is 11.8 Å². The van der Waals surface area contributed by atoms with E-state index in [1.807, 2.05) is 0 Å². The van der Waals surface area contributed by atoms with Gasteiger partial charge < -0.3 is 4.84 Å². The van der Waals surface area contributed by atoms with E-state index in [2.05, 4.69) is 4.84 Å². The molecule has 0 rings (SSSR count). The van der Waals surface area contributed by atoms with Gasteiger partial charge in [0.1, 0.15) is 0 Å². The van der Waals surface area contributed by atoms with Crippen LogP contribution in [-0.2, 0) is 9.94 Å². The SMILES string of the molecule is CCN(OC(=O)SC)C([O])=O. The number of rotatable bonds is 1. The molecule has 0 heterocycles. The molecule has 0 aliphatic rings. The van der Waals surface area contributed by atoms with Crippen molar-refractivity contribution in [1.29, 1.82) is 0 Å². The van der Waals surface area contributed by atoms with Crippen molar-refractivity contribution < 1.29 is 19.5 Å². The molecule has 0 unspecified atom stereocenters. The van der Waals surface area contributed by atoms with Crippen LogP contribution in [0.4, 0.5) is 9.59 Å². The van der Waals surface area contributed by atoms with Gasteiger partial charge in [0.2, 0.25) is 0 Å². The maximum Gasteiger partial charge on any atom is 0.485 e. The molecule has 0 fully saturated rings. The Morgan fingerprint density at radius 2 is 2.09 bits per heavy atom. The lowest BCUT2D eigenvalue weighted by atomic mass is 10.7. The Morgan fingerprint density at radius 1 is 1.55 bits per heavy atom. The number of carbonyl (C=O) groups is 2. The Labute approximate surface area is 68.3 Å². The fourth-order valence-electron chi connectivity index (χ4n) is 0.358. The predicted molar refractivity (Wildman–Crippen MR) is 38.5 cm³/mol. The van der Waals surface area contributed by atoms with Gasteiger partial charge in [0.15, 0.2) is 0 Å². The molecule has 5 nitrogen and oxygen atoms in total. The van der Waals surface area contributed by atoms with Crippen LogP contribution in [0.3, 0.4) is 0 Å². The average molecular weight is 178 g/mol. The molecule has 1 radical (unpaired) electrons. The minimum atomic E-state index is -1.52. The molecule has 0 aliphatic carbocycles. The van der Waals surface area contributed by atoms with Gasteiger partial charge in [-0.2, -0.15) is 0 Å². The van der Waals surface area contributed by atoms with Gasteiger partial charge in [-0.05, 0) is 24.9 Å². The summed E-state index contributed by atoms with van der Waals surface area (Å²) in [5, 5.41) is 9.90. The quantitative estimate of drug-likeness (QED) is 0.567. The van der Waals surface area contributed by atoms with Crippen LogP contribution in [0.5, 0.6) is 0 Å². The highest BCUT2D eigenvalue weighted by molar-refractivity contribution is 8.12. The van der Waals surface area contributed by atoms with Crippen LogP contribution in [0.15, 0.2) is 0 Å². The number of hydroxylamine groups is 2. The van der Waals surface area contributed by atoms with Crippen LogP contribution in [0.1, 0.15) is 6.92 Å². The second kappa shape index (κ2) is 4.84. The van der Waals surface area contributed by atoms with Gasteiger partial charge in [-0.25, -0.2) is 14.7 Å². The maximum atomic E-state index is 10.5. The molecule has 0 saturated carbocycles. The lowest BCUT2D eigenvalue weighted by Gasteiger charge is -2.12. The molecule has 11 heavy (non-hydrogen) atoms. The third kappa shape index (κ3) is 3.72. The fraction of sp³-hybridized carbons (Fsp3) is 0.600. The zero-order chi connectivity index (χ0) is 8.85. The summed E-state index contributed by atoms with van der Waals surface area (Å²) in [7, 11) is 0. The van der Waals surface area contributed by atoms with Crippen molar-refractivity contribution in [2.75, 3.05) is 12.8 Å². The van der Waals surface area contributed by atoms with Crippen LogP contribution in [0.25, 0.3) is 0 Å². The lowest BCUT2D eigenvalue weighted by Crippen LogP contribution is -2.29. The van der Waals surface area contributed by atoms with Crippen molar-refractivity contribution in [2.45, 2.75) is 6.92 Å². The molecule has 0 aromatic carbocycles. The van der Waals surface area contributed by atoms with E-state index < -0.39 is 11.4 Å². The molecule has 63 valence electrons. The molecular formula is C5H8NO4S. The first kappa shape index (κ1) is 10.1. The van der Waals surface area contributed by atoms with Crippen molar-refractivity contribution in [1.82, 2.24) is 5.06 Å². The van der Waals surface area contributed by atoms with E-state index in [1.54, 1.807) is 0 Å². The van der Waals surface area contributed by atoms with Crippen LogP contribution in [0.2, 0.25) is 0 Å². The summed E-state index contributed by atoms with van der Waals surface area (Å²) < 4.78 is 0. The molecule has 0 bridgehead atoms. The third-order valence-electron chi connectivity index (χ3n) is 0.842. The monoisotopic (exact) mass is 178 g/mol. The van der Waals surface area contributed by atoms with E-state index >= 15 is 0 Å². The van der Waals surface area contributed by atoms with E-state index in [0.29, 0.717) is 5.06 Å². The van der Waals surface area contributed by atoms with Gasteiger partial charge in [-0.3, -0.25) is 0 Å². The first-order valence-electron chi connectivity index (χ1n) is 2.86. The summed E-state index contributed by atoms with van der Waals surface area (Å²) in [6.45, 7) is 1.60. The number of amides is 1. The van der Waals surface area contributed by atoms with Crippen molar-refractivity contribution in [3.63, 3.8) is 0 Å². The molecule has 0 aromatic rings. The van der Waals surface area contributed by atoms with Crippen LogP contribution in [0, 0.1) is 0 Å². The average Bonchev–Trinajstić information content (AvgIpc) is 1.99. The van der Waals surface area contributed by atoms with Gasteiger partial charge in [0.25, 0.3) is 0 Å². The van der Waals surface area contributed by atoms with Crippen molar-refractivity contribution in [3.05, 3.63) is 0 Å². The van der Waals surface area contributed by atoms with Crippen molar-refractivity contribution >= 4 is 23.2 Å². The summed E-state index contributed by atoms with van der Waals surface area (Å²) in [6.07, 6.45) is -0.0271. The fourth-order valence-corrected chi connectivity index (χ4v) is 0.523. The Balaban J connectivity index is 3.88. The van der Waals surface area contributed by atoms with Crippen molar-refractivity contribution in [3.8, 4) is 0 Å². The molecule has 0 N–H and O–H groups in total. The molecule has 0 aromatic heterocycles. The summed E-state index contributed by atoms with van der Waals surface area (Å²) in [6, 6.07) is 0. The summed E-state index contributed by atoms with van der Waals surface area (Å²) >= 11 is 0.792. The number of thioether (sulfide) groups is 1. The predicted octanol–water partition coefficient (Wildman–Crippen LogP) is 1.27. The topological polar surface area (TPSA) is 66.5 Å². The van der Waals surface area contributed by atoms with E-state index in [-0.39, 0.29) is 6.54 Å². The van der Waals surface area contributed by atoms with E-state index in [4.69, 9.17) is 0 Å². The first-order chi connectivity index (χ1) is 5.11. The second-order valence-electron chi connectivity index (χ2n) is 1.51. The Kier molecular flexibility index (Phi) is 4.44. The minimum Gasteiger partial charge on any atom is -0.324 e. The molecule has 0 saturated heterocycles. The lowest BCUT2D eigenvalue weighted by molar-refractivity contribution is -0.0676. The number of carbonyl (C=O) groups excluding carboxylic acids is 2. The number of hydrogen-bond acceptors (Lipinski definition) is 4. The molecule has 1 amide bonds. The zero-order valence-corrected chi connectivity index (χ0v) is 7.01. The molecular weight excluding hydrogens is 170 g/mol. The van der Waals surface area contributed by atoms with Crippen molar-refractivity contribution in [2.24, 2.45) is 0 Å². The third-order valence-corrected chi connectivity index (χ3v) is 1.25. The standard InChI is InChI=1S/C5H8NO4S/c1-3-6(4(7)8)10-5(9)11-2/h3H2,1-2H3. The van der Waals surface area contributed by atoms with Crippen LogP contribution < -0.4 is 0 Å². The molecule has 0 spiro atoms. The molecule has 6 heteroatoms. The zero-order valence-electron chi connectivity index (χ0n) is 6.20. The van der Waals surface area contributed by atoms with Gasteiger partial charge in [0.05, 0.1) is 6.54 Å². The molecule has 0 aliphatic heterocycles. The van der Waals surface area contributed by atoms with Gasteiger partial charge in [0, 0.05) is 0 Å². The van der Waals surface area contributed by atoms with Crippen LogP contribution in [-0.4, -0.2) is 29.3 Å². The first-order valence-corrected chi connectivity index (χ1v) is 4.08. The summed E-state index contributed by atoms with van der Waals surface area (Å²) in [4.78, 5) is 24.9. The molecule has 0 atom stereocenters. The Hall–Kier alpha value is -0.910. The van der Waals surface area contributed by atoms with Gasteiger partial charge >= 0.3 is 11.4 Å². The highest BCUT2D eigenvalue weighted by Crippen LogP contribution is 2.02. The number of nitrogens with zero attached hydrogens (tertiary/aromatic N) is 1. The minimum absolute atomic E-state index is 0.0641. The normalized spacial score (nSPS) is 8.91. The summed E-state index contributed by atoms with van der Waals surface area (Å²) in [5.41, 5.74) is 0. The summed E-state index contributed by atoms with van der Waals surface area (Å²) in [5.74, 6) is 0. The highest BCUT2D eigenvalue weighted by Gasteiger charge is 2.15. The Morgan fingerprint density at radius 3 is 2.36 bits per heavy atom. The van der Waals surface area contributed by atoms with E-state index in [9.17, 15) is 14.7 Å². The van der Waals surface area contributed by atoms with Gasteiger partial charge in [-0.1, -0.05) is 0 Å². The second-order valence-corrected chi connectivity index (χ2v) is 2.25. The van der Waals surface area contributed by atoms with E-state index in [1.165, 1.54) is 13.2 Å². The number of hydrogen-bond donors (Lipinski definition) is 0. The highest BCUT2D eigenvalue weighted by atomic mass is 32.2. The van der Waals surface area contributed by atoms with Crippen LogP contribution >= 0.6 is 11.8 Å². The largest absolute Gasteiger partial charge is 0.485 e.